The number of ether oxygens (including phenoxy) is 3. The van der Waals surface area contributed by atoms with Crippen LogP contribution in [0.4, 0.5) is 0 Å². The fraction of sp³-hybridized carbons (Fsp3) is 0.611. The number of likely N-dealkylation sites (N-methyl/N-ethyl adjacent to an activating group) is 1. The molecule has 0 aliphatic carbocycles. The van der Waals surface area contributed by atoms with Gasteiger partial charge < -0.3 is 24.4 Å². The van der Waals surface area contributed by atoms with Crippen LogP contribution in [0.1, 0.15) is 19.8 Å². The lowest BCUT2D eigenvalue weighted by Gasteiger charge is -2.42. The molecule has 1 fully saturated rings. The number of carbonyl (C=O) groups excluding carboxylic acids is 1. The second-order valence-corrected chi connectivity index (χ2v) is 6.18. The monoisotopic (exact) mass is 336 g/mol. The molecule has 0 atom stereocenters. The molecule has 0 radical (unpaired) electrons. The Balaban J connectivity index is 1.85. The zero-order chi connectivity index (χ0) is 17.4. The molecule has 6 nitrogen and oxygen atoms in total. The molecule has 0 aromatic heterocycles. The van der Waals surface area contributed by atoms with E-state index in [-0.39, 0.29) is 18.1 Å². The fourth-order valence-electron chi connectivity index (χ4n) is 2.84. The highest BCUT2D eigenvalue weighted by molar-refractivity contribution is 5.77. The van der Waals surface area contributed by atoms with Crippen molar-refractivity contribution in [3.63, 3.8) is 0 Å². The quantitative estimate of drug-likeness (QED) is 0.783. The standard InChI is InChI=1S/C18H28N2O4/c1-4-23-15-7-5-6-8-16(15)24-13-17(21)19-14-18(20(2)3)9-11-22-12-10-18/h5-8H,4,9-14H2,1-3H3,(H,19,21). The van der Waals surface area contributed by atoms with Crippen LogP contribution in [0.5, 0.6) is 11.5 Å². The first-order valence-electron chi connectivity index (χ1n) is 8.44. The number of amides is 1. The summed E-state index contributed by atoms with van der Waals surface area (Å²) < 4.78 is 16.5. The number of para-hydroxylation sites is 2. The van der Waals surface area contributed by atoms with Crippen LogP contribution in [0.3, 0.4) is 0 Å². The Morgan fingerprint density at radius 3 is 2.42 bits per heavy atom. The summed E-state index contributed by atoms with van der Waals surface area (Å²) in [5.41, 5.74) is -0.0445. The third kappa shape index (κ3) is 4.85. The maximum Gasteiger partial charge on any atom is 0.258 e. The van der Waals surface area contributed by atoms with Gasteiger partial charge in [-0.3, -0.25) is 4.79 Å². The van der Waals surface area contributed by atoms with Gasteiger partial charge in [0.25, 0.3) is 5.91 Å². The molecule has 1 aromatic carbocycles. The van der Waals surface area contributed by atoms with Crippen molar-refractivity contribution in [1.29, 1.82) is 0 Å². The predicted octanol–water partition coefficient (Wildman–Crippen LogP) is 1.69. The molecule has 134 valence electrons. The highest BCUT2D eigenvalue weighted by atomic mass is 16.5. The Morgan fingerprint density at radius 2 is 1.83 bits per heavy atom. The summed E-state index contributed by atoms with van der Waals surface area (Å²) in [6.45, 7) is 4.50. The van der Waals surface area contributed by atoms with Crippen LogP contribution in [0.2, 0.25) is 0 Å². The maximum atomic E-state index is 12.2. The summed E-state index contributed by atoms with van der Waals surface area (Å²) in [5, 5.41) is 2.99. The number of hydrogen-bond acceptors (Lipinski definition) is 5. The highest BCUT2D eigenvalue weighted by Crippen LogP contribution is 2.27. The molecule has 0 unspecified atom stereocenters. The Hall–Kier alpha value is -1.79. The van der Waals surface area contributed by atoms with Gasteiger partial charge in [0.15, 0.2) is 18.1 Å². The molecule has 1 aromatic rings. The second-order valence-electron chi connectivity index (χ2n) is 6.18. The molecule has 2 rings (SSSR count). The van der Waals surface area contributed by atoms with Gasteiger partial charge in [-0.25, -0.2) is 0 Å². The van der Waals surface area contributed by atoms with Crippen molar-refractivity contribution in [3.8, 4) is 11.5 Å². The van der Waals surface area contributed by atoms with E-state index >= 15 is 0 Å². The number of rotatable bonds is 8. The lowest BCUT2D eigenvalue weighted by molar-refractivity contribution is -0.124. The molecule has 24 heavy (non-hydrogen) atoms. The topological polar surface area (TPSA) is 60.0 Å². The van der Waals surface area contributed by atoms with E-state index in [9.17, 15) is 4.79 Å². The minimum absolute atomic E-state index is 0.0237. The van der Waals surface area contributed by atoms with Crippen LogP contribution >= 0.6 is 0 Å². The summed E-state index contributed by atoms with van der Waals surface area (Å²) in [6.07, 6.45) is 1.82. The first-order chi connectivity index (χ1) is 11.6. The van der Waals surface area contributed by atoms with Crippen molar-refractivity contribution in [1.82, 2.24) is 10.2 Å². The van der Waals surface area contributed by atoms with Crippen molar-refractivity contribution in [2.24, 2.45) is 0 Å². The van der Waals surface area contributed by atoms with E-state index in [2.05, 4.69) is 10.2 Å². The smallest absolute Gasteiger partial charge is 0.258 e. The SMILES string of the molecule is CCOc1ccccc1OCC(=O)NCC1(N(C)C)CCOCC1. The molecular weight excluding hydrogens is 308 g/mol. The van der Waals surface area contributed by atoms with Gasteiger partial charge in [-0.1, -0.05) is 12.1 Å². The van der Waals surface area contributed by atoms with E-state index < -0.39 is 0 Å². The van der Waals surface area contributed by atoms with Crippen molar-refractivity contribution >= 4 is 5.91 Å². The van der Waals surface area contributed by atoms with E-state index in [1.165, 1.54) is 0 Å². The number of hydrogen-bond donors (Lipinski definition) is 1. The minimum Gasteiger partial charge on any atom is -0.490 e. The Kier molecular flexibility index (Phi) is 6.87. The van der Waals surface area contributed by atoms with Crippen LogP contribution < -0.4 is 14.8 Å². The molecule has 6 heteroatoms. The lowest BCUT2D eigenvalue weighted by Crippen LogP contribution is -2.56. The lowest BCUT2D eigenvalue weighted by atomic mass is 9.88. The van der Waals surface area contributed by atoms with Crippen LogP contribution in [0.25, 0.3) is 0 Å². The van der Waals surface area contributed by atoms with Crippen LogP contribution in [0, 0.1) is 0 Å². The molecule has 0 saturated carbocycles. The molecule has 1 heterocycles. The molecule has 1 N–H and O–H groups in total. The van der Waals surface area contributed by atoms with Crippen molar-refractivity contribution < 1.29 is 19.0 Å². The van der Waals surface area contributed by atoms with Crippen LogP contribution in [0.15, 0.2) is 24.3 Å². The first-order valence-corrected chi connectivity index (χ1v) is 8.44. The zero-order valence-electron chi connectivity index (χ0n) is 14.8. The van der Waals surface area contributed by atoms with Crippen LogP contribution in [-0.2, 0) is 9.53 Å². The normalized spacial score (nSPS) is 16.7. The van der Waals surface area contributed by atoms with Crippen molar-refractivity contribution in [2.45, 2.75) is 25.3 Å². The van der Waals surface area contributed by atoms with Gasteiger partial charge in [0, 0.05) is 25.3 Å². The molecule has 1 saturated heterocycles. The number of nitrogens with zero attached hydrogens (tertiary/aromatic N) is 1. The van der Waals surface area contributed by atoms with Gasteiger partial charge in [0.2, 0.25) is 0 Å². The van der Waals surface area contributed by atoms with Gasteiger partial charge in [0.1, 0.15) is 0 Å². The molecule has 0 spiro atoms. The zero-order valence-corrected chi connectivity index (χ0v) is 14.8. The van der Waals surface area contributed by atoms with E-state index in [1.54, 1.807) is 6.07 Å². The molecule has 1 aliphatic heterocycles. The van der Waals surface area contributed by atoms with Gasteiger partial charge in [-0.15, -0.1) is 0 Å². The summed E-state index contributed by atoms with van der Waals surface area (Å²) >= 11 is 0. The molecule has 1 aliphatic rings. The predicted molar refractivity (Wildman–Crippen MR) is 92.6 cm³/mol. The second kappa shape index (κ2) is 8.89. The Bertz CT molecular complexity index is 528. The average molecular weight is 336 g/mol. The highest BCUT2D eigenvalue weighted by Gasteiger charge is 2.35. The third-order valence-corrected chi connectivity index (χ3v) is 4.49. The van der Waals surface area contributed by atoms with Crippen molar-refractivity contribution in [2.75, 3.05) is 47.1 Å². The molecule has 1 amide bonds. The summed E-state index contributed by atoms with van der Waals surface area (Å²) in [6, 6.07) is 7.38. The number of carbonyl (C=O) groups is 1. The van der Waals surface area contributed by atoms with E-state index in [4.69, 9.17) is 14.2 Å². The number of benzene rings is 1. The van der Waals surface area contributed by atoms with E-state index in [0.717, 1.165) is 26.1 Å². The first kappa shape index (κ1) is 18.5. The summed E-state index contributed by atoms with van der Waals surface area (Å²) in [5.74, 6) is 1.11. The average Bonchev–Trinajstić information content (AvgIpc) is 2.60. The number of nitrogens with one attached hydrogen (secondary N) is 1. The largest absolute Gasteiger partial charge is 0.490 e. The minimum atomic E-state index is -0.131. The van der Waals surface area contributed by atoms with E-state index in [0.29, 0.717) is 24.7 Å². The van der Waals surface area contributed by atoms with E-state index in [1.807, 2.05) is 39.2 Å². The summed E-state index contributed by atoms with van der Waals surface area (Å²) in [4.78, 5) is 14.3. The Labute approximate surface area is 144 Å². The van der Waals surface area contributed by atoms with Gasteiger partial charge in [-0.2, -0.15) is 0 Å². The fourth-order valence-corrected chi connectivity index (χ4v) is 2.84. The Morgan fingerprint density at radius 1 is 1.21 bits per heavy atom. The third-order valence-electron chi connectivity index (χ3n) is 4.49. The van der Waals surface area contributed by atoms with Gasteiger partial charge in [0.05, 0.1) is 6.61 Å². The van der Waals surface area contributed by atoms with Crippen LogP contribution in [-0.4, -0.2) is 63.4 Å². The molecular formula is C18H28N2O4. The maximum absolute atomic E-state index is 12.2. The van der Waals surface area contributed by atoms with Crippen molar-refractivity contribution in [3.05, 3.63) is 24.3 Å². The van der Waals surface area contributed by atoms with Gasteiger partial charge in [-0.05, 0) is 46.0 Å². The molecule has 0 bridgehead atoms. The summed E-state index contributed by atoms with van der Waals surface area (Å²) in [7, 11) is 4.10. The van der Waals surface area contributed by atoms with Gasteiger partial charge >= 0.3 is 0 Å².